The van der Waals surface area contributed by atoms with Gasteiger partial charge in [0.05, 0.1) is 0 Å². The normalized spacial score (nSPS) is 25.8. The molecular formula is C13H26N2O. The summed E-state index contributed by atoms with van der Waals surface area (Å²) in [6.07, 6.45) is 4.36. The predicted octanol–water partition coefficient (Wildman–Crippen LogP) is 1.91. The third kappa shape index (κ3) is 3.48. The minimum Gasteiger partial charge on any atom is -0.355 e. The minimum absolute atomic E-state index is 0.164. The highest BCUT2D eigenvalue weighted by molar-refractivity contribution is 5.79. The molecule has 3 heteroatoms. The fourth-order valence-corrected chi connectivity index (χ4v) is 2.25. The van der Waals surface area contributed by atoms with Crippen molar-refractivity contribution >= 4 is 5.91 Å². The van der Waals surface area contributed by atoms with E-state index in [-0.39, 0.29) is 17.2 Å². The van der Waals surface area contributed by atoms with E-state index in [4.69, 9.17) is 5.73 Å². The van der Waals surface area contributed by atoms with Gasteiger partial charge in [0, 0.05) is 12.5 Å². The molecule has 3 N–H and O–H groups in total. The van der Waals surface area contributed by atoms with Gasteiger partial charge in [0.15, 0.2) is 0 Å². The number of nitrogens with one attached hydrogen (secondary N) is 1. The van der Waals surface area contributed by atoms with Crippen molar-refractivity contribution in [2.45, 2.75) is 46.5 Å². The van der Waals surface area contributed by atoms with E-state index in [1.165, 1.54) is 0 Å². The number of hydrogen-bond donors (Lipinski definition) is 2. The second kappa shape index (κ2) is 5.67. The van der Waals surface area contributed by atoms with Crippen LogP contribution in [0.2, 0.25) is 0 Å². The Balaban J connectivity index is 2.40. The summed E-state index contributed by atoms with van der Waals surface area (Å²) in [4.78, 5) is 12.0. The first-order chi connectivity index (χ1) is 7.50. The van der Waals surface area contributed by atoms with Crippen molar-refractivity contribution in [2.24, 2.45) is 23.0 Å². The Morgan fingerprint density at radius 1 is 1.44 bits per heavy atom. The third-order valence-corrected chi connectivity index (χ3v) is 4.00. The smallest absolute Gasteiger partial charge is 0.223 e. The van der Waals surface area contributed by atoms with Crippen LogP contribution in [-0.4, -0.2) is 19.0 Å². The van der Waals surface area contributed by atoms with Gasteiger partial charge in [-0.05, 0) is 37.1 Å². The van der Waals surface area contributed by atoms with E-state index in [1.807, 2.05) is 0 Å². The average Bonchev–Trinajstić information content (AvgIpc) is 2.74. The summed E-state index contributed by atoms with van der Waals surface area (Å²) in [7, 11) is 0. The summed E-state index contributed by atoms with van der Waals surface area (Å²) < 4.78 is 0. The van der Waals surface area contributed by atoms with Crippen molar-refractivity contribution in [3.63, 3.8) is 0 Å². The van der Waals surface area contributed by atoms with Gasteiger partial charge in [-0.1, -0.05) is 27.2 Å². The summed E-state index contributed by atoms with van der Waals surface area (Å²) in [5.41, 5.74) is 5.89. The first kappa shape index (κ1) is 13.5. The molecule has 2 atom stereocenters. The molecule has 1 amide bonds. The molecule has 2 unspecified atom stereocenters. The van der Waals surface area contributed by atoms with Crippen molar-refractivity contribution in [2.75, 3.05) is 13.1 Å². The molecule has 0 aliphatic heterocycles. The van der Waals surface area contributed by atoms with Gasteiger partial charge in [-0.15, -0.1) is 0 Å². The molecule has 0 aromatic heterocycles. The lowest BCUT2D eigenvalue weighted by atomic mass is 9.89. The van der Waals surface area contributed by atoms with Crippen molar-refractivity contribution in [1.82, 2.24) is 5.32 Å². The number of rotatable bonds is 5. The lowest BCUT2D eigenvalue weighted by Crippen LogP contribution is -2.39. The standard InChI is InChI=1S/C13H26N2O/c1-4-13(2,3)9-15-12(16)11-7-5-6-10(11)8-14/h10-11H,4-9,14H2,1-3H3,(H,15,16). The zero-order valence-electron chi connectivity index (χ0n) is 10.9. The Morgan fingerprint density at radius 2 is 2.12 bits per heavy atom. The Hall–Kier alpha value is -0.570. The quantitative estimate of drug-likeness (QED) is 0.752. The molecule has 0 aromatic carbocycles. The molecule has 94 valence electrons. The van der Waals surface area contributed by atoms with Gasteiger partial charge in [0.25, 0.3) is 0 Å². The molecule has 1 aliphatic carbocycles. The van der Waals surface area contributed by atoms with E-state index >= 15 is 0 Å². The molecule has 1 saturated carbocycles. The van der Waals surface area contributed by atoms with Crippen molar-refractivity contribution in [3.05, 3.63) is 0 Å². The van der Waals surface area contributed by atoms with Crippen LogP contribution in [-0.2, 0) is 4.79 Å². The number of carbonyl (C=O) groups excluding carboxylic acids is 1. The third-order valence-electron chi connectivity index (χ3n) is 4.00. The first-order valence-electron chi connectivity index (χ1n) is 6.48. The van der Waals surface area contributed by atoms with Gasteiger partial charge >= 0.3 is 0 Å². The van der Waals surface area contributed by atoms with Gasteiger partial charge in [0.2, 0.25) is 5.91 Å². The molecule has 0 spiro atoms. The number of amides is 1. The molecular weight excluding hydrogens is 200 g/mol. The molecule has 16 heavy (non-hydrogen) atoms. The molecule has 0 aromatic rings. The van der Waals surface area contributed by atoms with Crippen LogP contribution in [0.4, 0.5) is 0 Å². The topological polar surface area (TPSA) is 55.1 Å². The van der Waals surface area contributed by atoms with Gasteiger partial charge in [-0.3, -0.25) is 4.79 Å². The van der Waals surface area contributed by atoms with Gasteiger partial charge in [-0.25, -0.2) is 0 Å². The van der Waals surface area contributed by atoms with Crippen LogP contribution in [0.25, 0.3) is 0 Å². The van der Waals surface area contributed by atoms with Crippen LogP contribution in [0.3, 0.4) is 0 Å². The summed E-state index contributed by atoms with van der Waals surface area (Å²) in [5, 5.41) is 3.09. The van der Waals surface area contributed by atoms with Gasteiger partial charge in [0.1, 0.15) is 0 Å². The maximum Gasteiger partial charge on any atom is 0.223 e. The van der Waals surface area contributed by atoms with Gasteiger partial charge in [-0.2, -0.15) is 0 Å². The summed E-state index contributed by atoms with van der Waals surface area (Å²) in [6, 6.07) is 0. The molecule has 1 fully saturated rings. The van der Waals surface area contributed by atoms with E-state index < -0.39 is 0 Å². The Labute approximate surface area is 99.2 Å². The zero-order chi connectivity index (χ0) is 12.2. The molecule has 1 rings (SSSR count). The van der Waals surface area contributed by atoms with E-state index in [9.17, 15) is 4.79 Å². The molecule has 0 saturated heterocycles. The highest BCUT2D eigenvalue weighted by atomic mass is 16.1. The van der Waals surface area contributed by atoms with Gasteiger partial charge < -0.3 is 11.1 Å². The average molecular weight is 226 g/mol. The highest BCUT2D eigenvalue weighted by Crippen LogP contribution is 2.31. The van der Waals surface area contributed by atoms with Crippen molar-refractivity contribution < 1.29 is 4.79 Å². The highest BCUT2D eigenvalue weighted by Gasteiger charge is 2.32. The Kier molecular flexibility index (Phi) is 4.78. The number of hydrogen-bond acceptors (Lipinski definition) is 2. The first-order valence-corrected chi connectivity index (χ1v) is 6.48. The lowest BCUT2D eigenvalue weighted by Gasteiger charge is -2.25. The van der Waals surface area contributed by atoms with E-state index in [0.717, 1.165) is 32.2 Å². The zero-order valence-corrected chi connectivity index (χ0v) is 10.9. The molecule has 0 bridgehead atoms. The fraction of sp³-hybridized carbons (Fsp3) is 0.923. The Bertz CT molecular complexity index is 238. The maximum absolute atomic E-state index is 12.0. The largest absolute Gasteiger partial charge is 0.355 e. The SMILES string of the molecule is CCC(C)(C)CNC(=O)C1CCCC1CN. The van der Waals surface area contributed by atoms with Crippen molar-refractivity contribution in [3.8, 4) is 0 Å². The van der Waals surface area contributed by atoms with E-state index in [0.29, 0.717) is 12.5 Å². The van der Waals surface area contributed by atoms with E-state index in [1.54, 1.807) is 0 Å². The number of carbonyl (C=O) groups is 1. The summed E-state index contributed by atoms with van der Waals surface area (Å²) >= 11 is 0. The molecule has 3 nitrogen and oxygen atoms in total. The van der Waals surface area contributed by atoms with Crippen LogP contribution in [0.1, 0.15) is 46.5 Å². The monoisotopic (exact) mass is 226 g/mol. The fourth-order valence-electron chi connectivity index (χ4n) is 2.25. The lowest BCUT2D eigenvalue weighted by molar-refractivity contribution is -0.126. The van der Waals surface area contributed by atoms with Crippen LogP contribution in [0.5, 0.6) is 0 Å². The second-order valence-electron chi connectivity index (χ2n) is 5.77. The Morgan fingerprint density at radius 3 is 2.69 bits per heavy atom. The summed E-state index contributed by atoms with van der Waals surface area (Å²) in [5.74, 6) is 0.789. The molecule has 1 aliphatic rings. The second-order valence-corrected chi connectivity index (χ2v) is 5.77. The molecule has 0 radical (unpaired) electrons. The van der Waals surface area contributed by atoms with Crippen LogP contribution in [0.15, 0.2) is 0 Å². The van der Waals surface area contributed by atoms with Crippen LogP contribution >= 0.6 is 0 Å². The van der Waals surface area contributed by atoms with Crippen LogP contribution < -0.4 is 11.1 Å². The number of nitrogens with two attached hydrogens (primary N) is 1. The maximum atomic E-state index is 12.0. The molecule has 0 heterocycles. The van der Waals surface area contributed by atoms with E-state index in [2.05, 4.69) is 26.1 Å². The predicted molar refractivity (Wildman–Crippen MR) is 67.0 cm³/mol. The van der Waals surface area contributed by atoms with Crippen molar-refractivity contribution in [1.29, 1.82) is 0 Å². The van der Waals surface area contributed by atoms with Crippen LogP contribution in [0, 0.1) is 17.3 Å². The summed E-state index contributed by atoms with van der Waals surface area (Å²) in [6.45, 7) is 7.94. The minimum atomic E-state index is 0.164.